The van der Waals surface area contributed by atoms with Crippen molar-refractivity contribution in [1.29, 1.82) is 0 Å². The van der Waals surface area contributed by atoms with Crippen LogP contribution in [0.3, 0.4) is 0 Å². The first-order chi connectivity index (χ1) is 13.1. The van der Waals surface area contributed by atoms with Gasteiger partial charge in [-0.25, -0.2) is 0 Å². The maximum absolute atomic E-state index is 12.5. The molecule has 3 heterocycles. The number of hydrogen-bond donors (Lipinski definition) is 0. The molecule has 0 saturated carbocycles. The molecular weight excluding hydrogens is 362 g/mol. The molecule has 1 aromatic heterocycles. The van der Waals surface area contributed by atoms with Crippen LogP contribution < -0.4 is 4.74 Å². The lowest BCUT2D eigenvalue weighted by atomic mass is 10.1. The third-order valence-electron chi connectivity index (χ3n) is 5.74. The zero-order valence-electron chi connectivity index (χ0n) is 15.7. The van der Waals surface area contributed by atoms with Crippen molar-refractivity contribution in [3.8, 4) is 5.75 Å². The van der Waals surface area contributed by atoms with Crippen molar-refractivity contribution in [3.05, 3.63) is 35.5 Å². The van der Waals surface area contributed by atoms with Gasteiger partial charge in [-0.2, -0.15) is 0 Å². The maximum Gasteiger partial charge on any atom is 0.236 e. The Balaban J connectivity index is 1.34. The Morgan fingerprint density at radius 2 is 2.04 bits per heavy atom. The minimum atomic E-state index is 0.159. The minimum absolute atomic E-state index is 0.159. The van der Waals surface area contributed by atoms with E-state index >= 15 is 0 Å². The summed E-state index contributed by atoms with van der Waals surface area (Å²) in [7, 11) is 0. The third kappa shape index (κ3) is 4.04. The highest BCUT2D eigenvalue weighted by molar-refractivity contribution is 6.35. The van der Waals surface area contributed by atoms with Gasteiger partial charge in [-0.1, -0.05) is 11.6 Å². The van der Waals surface area contributed by atoms with Crippen molar-refractivity contribution in [2.24, 2.45) is 0 Å². The number of pyridine rings is 1. The number of carbonyl (C=O) groups is 1. The lowest BCUT2D eigenvalue weighted by Crippen LogP contribution is -2.45. The molecule has 2 aliphatic heterocycles. The normalized spacial score (nSPS) is 21.7. The molecule has 2 fully saturated rings. The first-order valence-electron chi connectivity index (χ1n) is 9.83. The summed E-state index contributed by atoms with van der Waals surface area (Å²) < 4.78 is 6.27. The lowest BCUT2D eigenvalue weighted by molar-refractivity contribution is -0.133. The Morgan fingerprint density at radius 1 is 1.22 bits per heavy atom. The van der Waals surface area contributed by atoms with Gasteiger partial charge in [0.05, 0.1) is 17.1 Å². The number of fused-ring (bicyclic) bond motifs is 1. The predicted molar refractivity (Wildman–Crippen MR) is 107 cm³/mol. The molecule has 2 saturated heterocycles. The second-order valence-corrected chi connectivity index (χ2v) is 8.02. The van der Waals surface area contributed by atoms with Gasteiger partial charge in [-0.05, 0) is 56.9 Å². The first-order valence-corrected chi connectivity index (χ1v) is 10.2. The van der Waals surface area contributed by atoms with Gasteiger partial charge in [0.2, 0.25) is 5.91 Å². The average Bonchev–Trinajstić information content (AvgIpc) is 3.12. The number of aromatic nitrogens is 1. The zero-order valence-corrected chi connectivity index (χ0v) is 16.5. The van der Waals surface area contributed by atoms with Crippen molar-refractivity contribution in [1.82, 2.24) is 14.8 Å². The van der Waals surface area contributed by atoms with Crippen LogP contribution in [0.5, 0.6) is 5.75 Å². The highest BCUT2D eigenvalue weighted by atomic mass is 35.5. The fraction of sp³-hybridized carbons (Fsp3) is 0.524. The van der Waals surface area contributed by atoms with Gasteiger partial charge in [-0.15, -0.1) is 0 Å². The Kier molecular flexibility index (Phi) is 5.50. The number of ether oxygens (including phenoxy) is 1. The molecular formula is C21H26ClN3O2. The van der Waals surface area contributed by atoms with E-state index in [9.17, 15) is 4.79 Å². The van der Waals surface area contributed by atoms with Gasteiger partial charge >= 0.3 is 0 Å². The average molecular weight is 388 g/mol. The largest absolute Gasteiger partial charge is 0.490 e. The van der Waals surface area contributed by atoms with Crippen molar-refractivity contribution in [2.45, 2.75) is 44.8 Å². The predicted octanol–water partition coefficient (Wildman–Crippen LogP) is 3.74. The Labute approximate surface area is 165 Å². The van der Waals surface area contributed by atoms with Gasteiger partial charge in [-0.3, -0.25) is 14.7 Å². The summed E-state index contributed by atoms with van der Waals surface area (Å²) in [5.41, 5.74) is 0.777. The van der Waals surface area contributed by atoms with Crippen LogP contribution >= 0.6 is 11.6 Å². The monoisotopic (exact) mass is 387 g/mol. The van der Waals surface area contributed by atoms with Gasteiger partial charge in [0.25, 0.3) is 0 Å². The molecule has 0 N–H and O–H groups in total. The van der Waals surface area contributed by atoms with E-state index in [4.69, 9.17) is 16.3 Å². The number of halogens is 1. The molecule has 0 radical (unpaired) electrons. The van der Waals surface area contributed by atoms with E-state index in [0.29, 0.717) is 17.6 Å². The van der Waals surface area contributed by atoms with Crippen LogP contribution in [0.4, 0.5) is 0 Å². The van der Waals surface area contributed by atoms with Crippen molar-refractivity contribution >= 4 is 28.4 Å². The van der Waals surface area contributed by atoms with E-state index in [1.54, 1.807) is 6.20 Å². The minimum Gasteiger partial charge on any atom is -0.490 e. The number of carbonyl (C=O) groups excluding carboxylic acids is 1. The summed E-state index contributed by atoms with van der Waals surface area (Å²) in [5, 5.41) is 1.59. The van der Waals surface area contributed by atoms with Crippen LogP contribution in [0.2, 0.25) is 5.02 Å². The lowest BCUT2D eigenvalue weighted by Gasteiger charge is -2.33. The molecule has 27 heavy (non-hydrogen) atoms. The highest BCUT2D eigenvalue weighted by Gasteiger charge is 2.28. The number of benzene rings is 1. The number of piperidine rings is 1. The molecule has 6 heteroatoms. The second kappa shape index (κ2) is 8.03. The quantitative estimate of drug-likeness (QED) is 0.801. The Morgan fingerprint density at radius 3 is 2.78 bits per heavy atom. The number of amides is 1. The second-order valence-electron chi connectivity index (χ2n) is 7.62. The molecule has 0 unspecified atom stereocenters. The first kappa shape index (κ1) is 18.5. The number of hydrogen-bond acceptors (Lipinski definition) is 4. The van der Waals surface area contributed by atoms with Gasteiger partial charge in [0, 0.05) is 37.3 Å². The summed E-state index contributed by atoms with van der Waals surface area (Å²) in [5.74, 6) is 1.11. The molecule has 1 aromatic carbocycles. The van der Waals surface area contributed by atoms with E-state index in [1.165, 1.54) is 0 Å². The number of rotatable bonds is 4. The van der Waals surface area contributed by atoms with Crippen LogP contribution in [-0.2, 0) is 4.79 Å². The molecule has 2 aromatic rings. The van der Waals surface area contributed by atoms with Crippen LogP contribution in [0.25, 0.3) is 10.9 Å². The molecule has 0 aliphatic carbocycles. The van der Waals surface area contributed by atoms with Crippen LogP contribution in [0.1, 0.15) is 32.6 Å². The fourth-order valence-electron chi connectivity index (χ4n) is 4.17. The van der Waals surface area contributed by atoms with E-state index < -0.39 is 0 Å². The van der Waals surface area contributed by atoms with Crippen molar-refractivity contribution < 1.29 is 9.53 Å². The molecule has 0 bridgehead atoms. The molecule has 1 atom stereocenters. The SMILES string of the molecule is C[C@@H]1CCCN1C(=O)CN1CCC(Oc2ccc(Cl)c3ncccc23)CC1. The molecule has 0 spiro atoms. The maximum atomic E-state index is 12.5. The fourth-order valence-corrected chi connectivity index (χ4v) is 4.38. The van der Waals surface area contributed by atoms with E-state index in [1.807, 2.05) is 29.2 Å². The number of nitrogens with zero attached hydrogens (tertiary/aromatic N) is 3. The summed E-state index contributed by atoms with van der Waals surface area (Å²) in [6.45, 7) is 5.38. The van der Waals surface area contributed by atoms with E-state index in [2.05, 4.69) is 16.8 Å². The van der Waals surface area contributed by atoms with Crippen molar-refractivity contribution in [3.63, 3.8) is 0 Å². The summed E-state index contributed by atoms with van der Waals surface area (Å²) in [6.07, 6.45) is 6.01. The van der Waals surface area contributed by atoms with E-state index in [-0.39, 0.29) is 12.0 Å². The smallest absolute Gasteiger partial charge is 0.236 e. The zero-order chi connectivity index (χ0) is 18.8. The molecule has 144 valence electrons. The van der Waals surface area contributed by atoms with Crippen LogP contribution in [0.15, 0.2) is 30.5 Å². The summed E-state index contributed by atoms with van der Waals surface area (Å²) in [4.78, 5) is 21.2. The third-order valence-corrected chi connectivity index (χ3v) is 6.05. The number of likely N-dealkylation sites (tertiary alicyclic amines) is 2. The summed E-state index contributed by atoms with van der Waals surface area (Å²) in [6, 6.07) is 8.06. The molecule has 2 aliphatic rings. The highest BCUT2D eigenvalue weighted by Crippen LogP contribution is 2.31. The molecule has 5 nitrogen and oxygen atoms in total. The van der Waals surface area contributed by atoms with Crippen LogP contribution in [-0.4, -0.2) is 59.0 Å². The standard InChI is InChI=1S/C21H26ClN3O2/c1-15-4-3-11-25(15)20(26)14-24-12-8-16(9-13-24)27-19-7-6-18(22)21-17(19)5-2-10-23-21/h2,5-7,10,15-16H,3-4,8-9,11-14H2,1H3/t15-/m1/s1. The van der Waals surface area contributed by atoms with Gasteiger partial charge in [0.15, 0.2) is 0 Å². The Bertz CT molecular complexity index is 820. The van der Waals surface area contributed by atoms with Gasteiger partial charge in [0.1, 0.15) is 11.9 Å². The van der Waals surface area contributed by atoms with Crippen molar-refractivity contribution in [2.75, 3.05) is 26.2 Å². The summed E-state index contributed by atoms with van der Waals surface area (Å²) >= 11 is 6.24. The Hall–Kier alpha value is -1.85. The van der Waals surface area contributed by atoms with Crippen LogP contribution in [0, 0.1) is 0 Å². The molecule has 1 amide bonds. The molecule has 4 rings (SSSR count). The topological polar surface area (TPSA) is 45.7 Å². The van der Waals surface area contributed by atoms with E-state index in [0.717, 1.165) is 62.0 Å². The van der Waals surface area contributed by atoms with Gasteiger partial charge < -0.3 is 9.64 Å².